The summed E-state index contributed by atoms with van der Waals surface area (Å²) in [5, 5.41) is 2.82. The van der Waals surface area contributed by atoms with Crippen molar-refractivity contribution in [2.45, 2.75) is 48.3 Å². The third-order valence-corrected chi connectivity index (χ3v) is 11.1. The van der Waals surface area contributed by atoms with Gasteiger partial charge in [0.1, 0.15) is 10.3 Å². The van der Waals surface area contributed by atoms with Gasteiger partial charge in [-0.05, 0) is 63.7 Å². The van der Waals surface area contributed by atoms with E-state index in [1.165, 1.54) is 28.6 Å². The molecule has 9 nitrogen and oxygen atoms in total. The van der Waals surface area contributed by atoms with E-state index in [1.807, 2.05) is 19.0 Å². The molecule has 1 amide bonds. The predicted molar refractivity (Wildman–Crippen MR) is 155 cm³/mol. The number of carbonyl (C=O) groups is 1. The molecule has 226 valence electrons. The second-order valence-electron chi connectivity index (χ2n) is 10.5. The Morgan fingerprint density at radius 2 is 1.86 bits per heavy atom. The summed E-state index contributed by atoms with van der Waals surface area (Å²) in [5.74, 6) is -0.0375. The monoisotopic (exact) mass is 642 g/mol. The molecule has 3 aromatic rings. The first-order valence-corrected chi connectivity index (χ1v) is 16.0. The Morgan fingerprint density at radius 1 is 1.12 bits per heavy atom. The van der Waals surface area contributed by atoms with Crippen molar-refractivity contribution in [2.24, 2.45) is 0 Å². The average Bonchev–Trinajstić information content (AvgIpc) is 3.72. The Bertz CT molecular complexity index is 1550. The molecule has 1 aromatic carbocycles. The summed E-state index contributed by atoms with van der Waals surface area (Å²) in [7, 11) is 0.0967. The molecule has 0 spiro atoms. The summed E-state index contributed by atoms with van der Waals surface area (Å²) in [5.41, 5.74) is 0.590. The molecule has 42 heavy (non-hydrogen) atoms. The number of amides is 1. The van der Waals surface area contributed by atoms with Gasteiger partial charge in [0, 0.05) is 31.2 Å². The molecule has 5 rings (SSSR count). The van der Waals surface area contributed by atoms with Crippen molar-refractivity contribution < 1.29 is 26.4 Å². The van der Waals surface area contributed by atoms with E-state index < -0.39 is 33.7 Å². The van der Waals surface area contributed by atoms with Gasteiger partial charge in [-0.15, -0.1) is 11.3 Å². The van der Waals surface area contributed by atoms with Crippen LogP contribution in [0.15, 0.2) is 46.7 Å². The van der Waals surface area contributed by atoms with Crippen LogP contribution in [0, 0.1) is 0 Å². The average molecular weight is 643 g/mol. The lowest BCUT2D eigenvalue weighted by molar-refractivity contribution is -0.137. The minimum atomic E-state index is -4.46. The first-order valence-electron chi connectivity index (χ1n) is 13.3. The number of benzene rings is 1. The second kappa shape index (κ2) is 12.1. The van der Waals surface area contributed by atoms with Gasteiger partial charge in [-0.3, -0.25) is 4.79 Å². The first kappa shape index (κ1) is 30.7. The van der Waals surface area contributed by atoms with E-state index in [0.29, 0.717) is 59.2 Å². The predicted octanol–water partition coefficient (Wildman–Crippen LogP) is 4.49. The zero-order valence-electron chi connectivity index (χ0n) is 22.9. The summed E-state index contributed by atoms with van der Waals surface area (Å²) in [6.07, 6.45) is -2.66. The van der Waals surface area contributed by atoms with E-state index in [4.69, 9.17) is 11.6 Å². The highest BCUT2D eigenvalue weighted by atomic mass is 35.5. The number of halogens is 4. The highest BCUT2D eigenvalue weighted by Gasteiger charge is 2.40. The Morgan fingerprint density at radius 3 is 2.48 bits per heavy atom. The lowest BCUT2D eigenvalue weighted by atomic mass is 10.1. The third-order valence-electron chi connectivity index (χ3n) is 7.51. The van der Waals surface area contributed by atoms with Crippen LogP contribution in [0.25, 0.3) is 11.3 Å². The van der Waals surface area contributed by atoms with Crippen LogP contribution >= 0.6 is 22.9 Å². The quantitative estimate of drug-likeness (QED) is 0.387. The van der Waals surface area contributed by atoms with Crippen LogP contribution in [-0.2, 0) is 27.5 Å². The van der Waals surface area contributed by atoms with Gasteiger partial charge < -0.3 is 15.1 Å². The van der Waals surface area contributed by atoms with Crippen molar-refractivity contribution in [1.29, 1.82) is 0 Å². The van der Waals surface area contributed by atoms with E-state index >= 15 is 0 Å². The van der Waals surface area contributed by atoms with Gasteiger partial charge >= 0.3 is 6.18 Å². The Balaban J connectivity index is 1.38. The number of anilines is 1. The maximum atomic E-state index is 13.3. The van der Waals surface area contributed by atoms with Gasteiger partial charge in [0.2, 0.25) is 11.9 Å². The Kier molecular flexibility index (Phi) is 8.82. The minimum absolute atomic E-state index is 0.0118. The van der Waals surface area contributed by atoms with Crippen LogP contribution in [-0.4, -0.2) is 79.3 Å². The maximum Gasteiger partial charge on any atom is 0.416 e. The number of thiophene rings is 1. The fourth-order valence-corrected chi connectivity index (χ4v) is 8.44. The Labute approximate surface area is 251 Å². The highest BCUT2D eigenvalue weighted by molar-refractivity contribution is 7.91. The molecule has 0 saturated carbocycles. The first-order chi connectivity index (χ1) is 19.8. The summed E-state index contributed by atoms with van der Waals surface area (Å²) < 4.78 is 67.4. The zero-order chi connectivity index (χ0) is 30.2. The van der Waals surface area contributed by atoms with Crippen LogP contribution in [0.5, 0.6) is 0 Å². The van der Waals surface area contributed by atoms with Crippen molar-refractivity contribution in [2.75, 3.05) is 38.6 Å². The van der Waals surface area contributed by atoms with Crippen molar-refractivity contribution in [3.05, 3.63) is 58.1 Å². The van der Waals surface area contributed by atoms with E-state index in [-0.39, 0.29) is 17.3 Å². The summed E-state index contributed by atoms with van der Waals surface area (Å²) in [4.78, 5) is 26.7. The normalized spacial score (nSPS) is 20.0. The van der Waals surface area contributed by atoms with E-state index in [0.717, 1.165) is 29.9 Å². The van der Waals surface area contributed by atoms with Crippen LogP contribution in [0.4, 0.5) is 19.1 Å². The van der Waals surface area contributed by atoms with Gasteiger partial charge in [0.05, 0.1) is 27.8 Å². The lowest BCUT2D eigenvalue weighted by Crippen LogP contribution is -2.45. The SMILES string of the molecule is CN(C)C1CCN(c2nc(CNC(=O)C3CCCN3S(=O)(=O)c3ccc(Cl)s3)cc(-c3ccc(C(F)(F)F)cc3)n2)C1. The van der Waals surface area contributed by atoms with Gasteiger partial charge in [-0.25, -0.2) is 18.4 Å². The van der Waals surface area contributed by atoms with Gasteiger partial charge in [-0.2, -0.15) is 17.5 Å². The second-order valence-corrected chi connectivity index (χ2v) is 14.4. The number of likely N-dealkylation sites (N-methyl/N-ethyl adjacent to an activating group) is 1. The molecule has 2 fully saturated rings. The van der Waals surface area contributed by atoms with Crippen LogP contribution in [0.1, 0.15) is 30.5 Å². The molecular weight excluding hydrogens is 613 g/mol. The molecular formula is C27H30ClF3N6O3S2. The number of nitrogens with zero attached hydrogens (tertiary/aromatic N) is 5. The summed E-state index contributed by atoms with van der Waals surface area (Å²) in [6, 6.07) is 8.71. The topological polar surface area (TPSA) is 98.7 Å². The molecule has 0 aliphatic carbocycles. The number of sulfonamides is 1. The number of hydrogen-bond donors (Lipinski definition) is 1. The molecule has 2 atom stereocenters. The van der Waals surface area contributed by atoms with Gasteiger partial charge in [0.25, 0.3) is 10.0 Å². The molecule has 2 aromatic heterocycles. The highest BCUT2D eigenvalue weighted by Crippen LogP contribution is 2.33. The van der Waals surface area contributed by atoms with E-state index in [2.05, 4.69) is 20.2 Å². The minimum Gasteiger partial charge on any atom is -0.349 e. The molecule has 2 unspecified atom stereocenters. The van der Waals surface area contributed by atoms with E-state index in [9.17, 15) is 26.4 Å². The molecule has 15 heteroatoms. The van der Waals surface area contributed by atoms with Crippen LogP contribution < -0.4 is 10.2 Å². The number of hydrogen-bond acceptors (Lipinski definition) is 8. The van der Waals surface area contributed by atoms with Crippen molar-refractivity contribution in [1.82, 2.24) is 24.5 Å². The maximum absolute atomic E-state index is 13.3. The molecule has 2 aliphatic heterocycles. The number of nitrogens with one attached hydrogen (secondary N) is 1. The lowest BCUT2D eigenvalue weighted by Gasteiger charge is -2.23. The third kappa shape index (κ3) is 6.57. The molecule has 0 radical (unpaired) electrons. The summed E-state index contributed by atoms with van der Waals surface area (Å²) in [6.45, 7) is 1.58. The molecule has 4 heterocycles. The smallest absolute Gasteiger partial charge is 0.349 e. The van der Waals surface area contributed by atoms with E-state index in [1.54, 1.807) is 6.07 Å². The fourth-order valence-electron chi connectivity index (χ4n) is 5.18. The van der Waals surface area contributed by atoms with Crippen molar-refractivity contribution in [3.63, 3.8) is 0 Å². The number of carbonyl (C=O) groups excluding carboxylic acids is 1. The molecule has 2 saturated heterocycles. The molecule has 2 aliphatic rings. The number of aromatic nitrogens is 2. The van der Waals surface area contributed by atoms with Crippen LogP contribution in [0.2, 0.25) is 4.34 Å². The largest absolute Gasteiger partial charge is 0.416 e. The fraction of sp³-hybridized carbons (Fsp3) is 0.444. The molecule has 1 N–H and O–H groups in total. The standard InChI is InChI=1S/C27H30ClF3N6O3S2/c1-35(2)20-11-13-36(16-20)26-33-19(14-21(34-26)17-5-7-18(8-6-17)27(29,30)31)15-32-25(38)22-4-3-12-37(22)42(39,40)24-10-9-23(28)41-24/h5-10,14,20,22H,3-4,11-13,15-16H2,1-2H3,(H,32,38). The number of rotatable bonds is 8. The summed E-state index contributed by atoms with van der Waals surface area (Å²) >= 11 is 6.89. The van der Waals surface area contributed by atoms with Crippen molar-refractivity contribution in [3.8, 4) is 11.3 Å². The van der Waals surface area contributed by atoms with Crippen LogP contribution in [0.3, 0.4) is 0 Å². The zero-order valence-corrected chi connectivity index (χ0v) is 25.3. The van der Waals surface area contributed by atoms with Gasteiger partial charge in [0.15, 0.2) is 0 Å². The Hall–Kier alpha value is -2.78. The molecule has 0 bridgehead atoms. The number of alkyl halides is 3. The van der Waals surface area contributed by atoms with Crippen molar-refractivity contribution >= 4 is 44.8 Å². The van der Waals surface area contributed by atoms with Gasteiger partial charge in [-0.1, -0.05) is 23.7 Å².